The van der Waals surface area contributed by atoms with Crippen molar-refractivity contribution >= 4 is 17.3 Å². The van der Waals surface area contributed by atoms with E-state index in [0.29, 0.717) is 5.41 Å². The van der Waals surface area contributed by atoms with Gasteiger partial charge in [-0.25, -0.2) is 4.98 Å². The quantitative estimate of drug-likeness (QED) is 0.642. The predicted octanol–water partition coefficient (Wildman–Crippen LogP) is 3.69. The fraction of sp³-hybridized carbons (Fsp3) is 0.765. The number of hydrogen-bond acceptors (Lipinski definition) is 3. The van der Waals surface area contributed by atoms with Crippen molar-refractivity contribution in [2.24, 2.45) is 10.4 Å². The molecule has 0 aliphatic heterocycles. The molecule has 0 bridgehead atoms. The molecule has 2 rings (SSSR count). The van der Waals surface area contributed by atoms with Gasteiger partial charge in [0.15, 0.2) is 5.96 Å². The standard InChI is InChI=1S/C17H30N4S/c1-6-17(8-7-9-17)12-20-15(18-5)19-10-14-21-13(11-22-14)16(2,3)4/h11H,6-10,12H2,1-5H3,(H2,18,19,20). The second-order valence-corrected chi connectivity index (χ2v) is 8.31. The Bertz CT molecular complexity index is 503. The Labute approximate surface area is 138 Å². The molecule has 1 aliphatic rings. The Morgan fingerprint density at radius 2 is 2.09 bits per heavy atom. The second kappa shape index (κ2) is 6.99. The Morgan fingerprint density at radius 3 is 2.55 bits per heavy atom. The third-order valence-corrected chi connectivity index (χ3v) is 5.59. The molecule has 1 aromatic heterocycles. The highest BCUT2D eigenvalue weighted by molar-refractivity contribution is 7.09. The third-order valence-electron chi connectivity index (χ3n) is 4.75. The summed E-state index contributed by atoms with van der Waals surface area (Å²) in [6, 6.07) is 0. The number of nitrogens with one attached hydrogen (secondary N) is 2. The lowest BCUT2D eigenvalue weighted by Crippen LogP contribution is -2.46. The Hall–Kier alpha value is -1.10. The lowest BCUT2D eigenvalue weighted by Gasteiger charge is -2.41. The van der Waals surface area contributed by atoms with E-state index in [0.717, 1.165) is 29.8 Å². The number of rotatable bonds is 5. The zero-order chi connectivity index (χ0) is 16.2. The molecular weight excluding hydrogens is 292 g/mol. The van der Waals surface area contributed by atoms with Crippen molar-refractivity contribution in [3.05, 3.63) is 16.1 Å². The number of nitrogens with zero attached hydrogens (tertiary/aromatic N) is 2. The van der Waals surface area contributed by atoms with Gasteiger partial charge >= 0.3 is 0 Å². The maximum atomic E-state index is 4.71. The summed E-state index contributed by atoms with van der Waals surface area (Å²) in [5.41, 5.74) is 1.78. The molecule has 0 aromatic carbocycles. The van der Waals surface area contributed by atoms with Gasteiger partial charge < -0.3 is 10.6 Å². The monoisotopic (exact) mass is 322 g/mol. The van der Waals surface area contributed by atoms with E-state index in [1.165, 1.54) is 25.7 Å². The average Bonchev–Trinajstić information content (AvgIpc) is 2.90. The van der Waals surface area contributed by atoms with Crippen LogP contribution in [0.5, 0.6) is 0 Å². The van der Waals surface area contributed by atoms with Crippen molar-refractivity contribution in [3.8, 4) is 0 Å². The van der Waals surface area contributed by atoms with Crippen molar-refractivity contribution in [1.29, 1.82) is 0 Å². The minimum Gasteiger partial charge on any atom is -0.356 e. The van der Waals surface area contributed by atoms with Gasteiger partial charge in [0.25, 0.3) is 0 Å². The van der Waals surface area contributed by atoms with Crippen molar-refractivity contribution in [2.75, 3.05) is 13.6 Å². The number of aliphatic imine (C=N–C) groups is 1. The minimum absolute atomic E-state index is 0.117. The van der Waals surface area contributed by atoms with Crippen LogP contribution in [-0.2, 0) is 12.0 Å². The van der Waals surface area contributed by atoms with E-state index in [2.05, 4.69) is 48.7 Å². The summed E-state index contributed by atoms with van der Waals surface area (Å²) in [5.74, 6) is 0.882. The highest BCUT2D eigenvalue weighted by Gasteiger charge is 2.34. The van der Waals surface area contributed by atoms with E-state index < -0.39 is 0 Å². The van der Waals surface area contributed by atoms with Gasteiger partial charge in [0.2, 0.25) is 0 Å². The van der Waals surface area contributed by atoms with Crippen LogP contribution >= 0.6 is 11.3 Å². The maximum Gasteiger partial charge on any atom is 0.191 e. The molecule has 1 aromatic rings. The molecule has 1 saturated carbocycles. The van der Waals surface area contributed by atoms with Crippen LogP contribution in [-0.4, -0.2) is 24.5 Å². The molecule has 0 spiro atoms. The van der Waals surface area contributed by atoms with Crippen LogP contribution in [0.15, 0.2) is 10.4 Å². The summed E-state index contributed by atoms with van der Waals surface area (Å²) in [4.78, 5) is 9.04. The Balaban J connectivity index is 1.82. The number of thiazole rings is 1. The lowest BCUT2D eigenvalue weighted by molar-refractivity contribution is 0.131. The average molecular weight is 323 g/mol. The van der Waals surface area contributed by atoms with Gasteiger partial charge in [-0.15, -0.1) is 11.3 Å². The summed E-state index contributed by atoms with van der Waals surface area (Å²) in [6.07, 6.45) is 5.30. The van der Waals surface area contributed by atoms with Crippen LogP contribution in [0.1, 0.15) is 64.1 Å². The van der Waals surface area contributed by atoms with Crippen LogP contribution in [0, 0.1) is 5.41 Å². The molecule has 1 heterocycles. The van der Waals surface area contributed by atoms with E-state index in [9.17, 15) is 0 Å². The summed E-state index contributed by atoms with van der Waals surface area (Å²) in [6.45, 7) is 10.6. The van der Waals surface area contributed by atoms with Crippen LogP contribution < -0.4 is 10.6 Å². The molecule has 0 saturated heterocycles. The molecule has 1 fully saturated rings. The van der Waals surface area contributed by atoms with E-state index in [4.69, 9.17) is 4.98 Å². The van der Waals surface area contributed by atoms with Crippen molar-refractivity contribution in [3.63, 3.8) is 0 Å². The first-order valence-electron chi connectivity index (χ1n) is 8.28. The minimum atomic E-state index is 0.117. The van der Waals surface area contributed by atoms with Crippen LogP contribution in [0.25, 0.3) is 0 Å². The molecule has 1 aliphatic carbocycles. The van der Waals surface area contributed by atoms with E-state index in [1.807, 2.05) is 7.05 Å². The molecular formula is C17H30N4S. The first-order chi connectivity index (χ1) is 10.4. The third kappa shape index (κ3) is 4.22. The SMILES string of the molecule is CCC1(CNC(=NC)NCc2nc(C(C)(C)C)cs2)CCC1. The summed E-state index contributed by atoms with van der Waals surface area (Å²) < 4.78 is 0. The number of guanidine groups is 1. The maximum absolute atomic E-state index is 4.71. The molecule has 0 unspecified atom stereocenters. The number of hydrogen-bond donors (Lipinski definition) is 2. The molecule has 124 valence electrons. The van der Waals surface area contributed by atoms with Gasteiger partial charge in [-0.3, -0.25) is 4.99 Å². The molecule has 0 atom stereocenters. The van der Waals surface area contributed by atoms with Crippen molar-refractivity contribution in [2.45, 2.75) is 65.3 Å². The zero-order valence-corrected chi connectivity index (χ0v) is 15.4. The van der Waals surface area contributed by atoms with E-state index >= 15 is 0 Å². The summed E-state index contributed by atoms with van der Waals surface area (Å²) in [7, 11) is 1.83. The fourth-order valence-corrected chi connectivity index (χ4v) is 3.68. The molecule has 0 radical (unpaired) electrons. The van der Waals surface area contributed by atoms with Crippen molar-refractivity contribution < 1.29 is 0 Å². The fourth-order valence-electron chi connectivity index (χ4n) is 2.72. The van der Waals surface area contributed by atoms with Gasteiger partial charge in [0.1, 0.15) is 5.01 Å². The van der Waals surface area contributed by atoms with Gasteiger partial charge in [-0.1, -0.05) is 34.1 Å². The lowest BCUT2D eigenvalue weighted by atomic mass is 9.67. The smallest absolute Gasteiger partial charge is 0.191 e. The number of aromatic nitrogens is 1. The van der Waals surface area contributed by atoms with E-state index in [-0.39, 0.29) is 5.41 Å². The first-order valence-corrected chi connectivity index (χ1v) is 9.16. The summed E-state index contributed by atoms with van der Waals surface area (Å²) in [5, 5.41) is 10.1. The molecule has 0 amide bonds. The normalized spacial score (nSPS) is 18.0. The molecule has 5 heteroatoms. The largest absolute Gasteiger partial charge is 0.356 e. The first kappa shape index (κ1) is 17.3. The van der Waals surface area contributed by atoms with Crippen molar-refractivity contribution in [1.82, 2.24) is 15.6 Å². The van der Waals surface area contributed by atoms with Crippen LogP contribution in [0.3, 0.4) is 0 Å². The molecule has 2 N–H and O–H groups in total. The van der Waals surface area contributed by atoms with Gasteiger partial charge in [-0.05, 0) is 24.7 Å². The Morgan fingerprint density at radius 1 is 1.36 bits per heavy atom. The predicted molar refractivity (Wildman–Crippen MR) is 95.6 cm³/mol. The van der Waals surface area contributed by atoms with Gasteiger partial charge in [0.05, 0.1) is 12.2 Å². The topological polar surface area (TPSA) is 49.3 Å². The second-order valence-electron chi connectivity index (χ2n) is 7.36. The molecule has 22 heavy (non-hydrogen) atoms. The van der Waals surface area contributed by atoms with Gasteiger partial charge in [-0.2, -0.15) is 0 Å². The van der Waals surface area contributed by atoms with E-state index in [1.54, 1.807) is 11.3 Å². The van der Waals surface area contributed by atoms with Crippen LogP contribution in [0.2, 0.25) is 0 Å². The highest BCUT2D eigenvalue weighted by atomic mass is 32.1. The summed E-state index contributed by atoms with van der Waals surface area (Å²) >= 11 is 1.72. The molecule has 4 nitrogen and oxygen atoms in total. The van der Waals surface area contributed by atoms with Crippen LogP contribution in [0.4, 0.5) is 0 Å². The Kier molecular flexibility index (Phi) is 5.48. The highest BCUT2D eigenvalue weighted by Crippen LogP contribution is 2.42. The van der Waals surface area contributed by atoms with Gasteiger partial charge in [0, 0.05) is 24.4 Å². The zero-order valence-electron chi connectivity index (χ0n) is 14.6.